The van der Waals surface area contributed by atoms with Gasteiger partial charge >= 0.3 is 0 Å². The molecule has 104 valence electrons. The summed E-state index contributed by atoms with van der Waals surface area (Å²) in [7, 11) is -1.31. The standard InChI is InChI=1S/C12H16N2O4S/c15-8-10(16)5-13-12(17)7-14-6-9-3-1-2-4-11(9)19(14)18/h1-4,10,15-16H,5-8H2,(H,13,17). The maximum atomic E-state index is 12.1. The number of carbonyl (C=O) groups excluding carboxylic acids is 1. The molecule has 6 nitrogen and oxygen atoms in total. The number of benzene rings is 1. The van der Waals surface area contributed by atoms with Gasteiger partial charge in [0.1, 0.15) is 11.0 Å². The summed E-state index contributed by atoms with van der Waals surface area (Å²) in [6, 6.07) is 7.37. The summed E-state index contributed by atoms with van der Waals surface area (Å²) in [5.41, 5.74) is 0.962. The minimum absolute atomic E-state index is 0.000556. The summed E-state index contributed by atoms with van der Waals surface area (Å²) in [6.45, 7) is 0.0579. The van der Waals surface area contributed by atoms with Gasteiger partial charge in [-0.2, -0.15) is 0 Å². The van der Waals surface area contributed by atoms with Crippen molar-refractivity contribution in [3.63, 3.8) is 0 Å². The Bertz CT molecular complexity index is 494. The Morgan fingerprint density at radius 1 is 1.47 bits per heavy atom. The van der Waals surface area contributed by atoms with Crippen LogP contribution in [0.4, 0.5) is 0 Å². The first-order chi connectivity index (χ1) is 9.11. The Morgan fingerprint density at radius 3 is 2.89 bits per heavy atom. The molecule has 2 unspecified atom stereocenters. The lowest BCUT2D eigenvalue weighted by molar-refractivity contribution is -0.121. The third-order valence-electron chi connectivity index (χ3n) is 2.81. The van der Waals surface area contributed by atoms with Crippen molar-refractivity contribution in [3.05, 3.63) is 29.8 Å². The van der Waals surface area contributed by atoms with Crippen LogP contribution >= 0.6 is 0 Å². The van der Waals surface area contributed by atoms with E-state index in [9.17, 15) is 9.00 Å². The van der Waals surface area contributed by atoms with E-state index in [-0.39, 0.29) is 19.0 Å². The van der Waals surface area contributed by atoms with Crippen LogP contribution in [0.1, 0.15) is 5.56 Å². The van der Waals surface area contributed by atoms with Gasteiger partial charge in [0.05, 0.1) is 24.2 Å². The molecule has 0 spiro atoms. The number of carbonyl (C=O) groups is 1. The monoisotopic (exact) mass is 284 g/mol. The van der Waals surface area contributed by atoms with Crippen LogP contribution in [0.3, 0.4) is 0 Å². The summed E-state index contributed by atoms with van der Waals surface area (Å²) in [5.74, 6) is -0.325. The zero-order chi connectivity index (χ0) is 13.8. The molecule has 0 aromatic heterocycles. The fourth-order valence-electron chi connectivity index (χ4n) is 1.82. The van der Waals surface area contributed by atoms with E-state index >= 15 is 0 Å². The SMILES string of the molecule is O=C(CN1Cc2ccccc2S1=O)NCC(O)CO. The molecule has 1 aromatic carbocycles. The number of rotatable bonds is 5. The Kier molecular flexibility index (Phi) is 4.65. The molecule has 3 N–H and O–H groups in total. The highest BCUT2D eigenvalue weighted by atomic mass is 32.2. The van der Waals surface area contributed by atoms with Gasteiger partial charge in [0, 0.05) is 13.1 Å². The maximum absolute atomic E-state index is 12.1. The van der Waals surface area contributed by atoms with Gasteiger partial charge < -0.3 is 15.5 Å². The van der Waals surface area contributed by atoms with Crippen molar-refractivity contribution in [2.24, 2.45) is 0 Å². The van der Waals surface area contributed by atoms with Crippen LogP contribution in [0.2, 0.25) is 0 Å². The smallest absolute Gasteiger partial charge is 0.235 e. The normalized spacial score (nSPS) is 20.0. The number of aliphatic hydroxyl groups is 2. The quantitative estimate of drug-likeness (QED) is 0.646. The highest BCUT2D eigenvalue weighted by molar-refractivity contribution is 7.83. The molecule has 2 rings (SSSR count). The lowest BCUT2D eigenvalue weighted by atomic mass is 10.2. The highest BCUT2D eigenvalue weighted by Gasteiger charge is 2.27. The number of nitrogens with one attached hydrogen (secondary N) is 1. The summed E-state index contributed by atoms with van der Waals surface area (Å²) in [6.07, 6.45) is -0.967. The average Bonchev–Trinajstić information content (AvgIpc) is 2.73. The summed E-state index contributed by atoms with van der Waals surface area (Å²) >= 11 is 0. The average molecular weight is 284 g/mol. The molecule has 0 bridgehead atoms. The highest BCUT2D eigenvalue weighted by Crippen LogP contribution is 2.25. The molecule has 0 saturated heterocycles. The molecule has 1 amide bonds. The predicted octanol–water partition coefficient (Wildman–Crippen LogP) is -1.01. The second kappa shape index (κ2) is 6.25. The van der Waals surface area contributed by atoms with E-state index in [2.05, 4.69) is 5.32 Å². The minimum atomic E-state index is -1.31. The Balaban J connectivity index is 1.89. The van der Waals surface area contributed by atoms with Gasteiger partial charge in [-0.25, -0.2) is 8.51 Å². The molecule has 0 fully saturated rings. The van der Waals surface area contributed by atoms with Crippen LogP contribution in [-0.2, 0) is 22.3 Å². The molecule has 0 radical (unpaired) electrons. The first-order valence-corrected chi connectivity index (χ1v) is 7.03. The van der Waals surface area contributed by atoms with Crippen LogP contribution in [0.25, 0.3) is 0 Å². The molecule has 19 heavy (non-hydrogen) atoms. The predicted molar refractivity (Wildman–Crippen MR) is 69.4 cm³/mol. The first-order valence-electron chi connectivity index (χ1n) is 5.92. The lowest BCUT2D eigenvalue weighted by Crippen LogP contribution is -2.40. The van der Waals surface area contributed by atoms with Crippen molar-refractivity contribution in [1.82, 2.24) is 9.62 Å². The number of fused-ring (bicyclic) bond motifs is 1. The fraction of sp³-hybridized carbons (Fsp3) is 0.417. The van der Waals surface area contributed by atoms with Gasteiger partial charge in [-0.05, 0) is 11.6 Å². The lowest BCUT2D eigenvalue weighted by Gasteiger charge is -2.14. The zero-order valence-electron chi connectivity index (χ0n) is 10.3. The third kappa shape index (κ3) is 3.38. The van der Waals surface area contributed by atoms with Gasteiger partial charge in [-0.1, -0.05) is 18.2 Å². The van der Waals surface area contributed by atoms with Crippen molar-refractivity contribution in [3.8, 4) is 0 Å². The molecule has 0 aliphatic carbocycles. The molecule has 2 atom stereocenters. The first kappa shape index (κ1) is 14.1. The van der Waals surface area contributed by atoms with Crippen molar-refractivity contribution >= 4 is 16.9 Å². The van der Waals surface area contributed by atoms with E-state index in [0.29, 0.717) is 6.54 Å². The third-order valence-corrected chi connectivity index (χ3v) is 4.31. The van der Waals surface area contributed by atoms with Crippen LogP contribution in [0.5, 0.6) is 0 Å². The molecule has 1 aliphatic rings. The van der Waals surface area contributed by atoms with E-state index in [1.54, 1.807) is 10.4 Å². The van der Waals surface area contributed by atoms with Crippen molar-refractivity contribution < 1.29 is 19.2 Å². The largest absolute Gasteiger partial charge is 0.394 e. The minimum Gasteiger partial charge on any atom is -0.394 e. The summed E-state index contributed by atoms with van der Waals surface area (Å²) in [5, 5.41) is 20.2. The molecule has 1 heterocycles. The second-order valence-corrected chi connectivity index (χ2v) is 5.75. The molecular weight excluding hydrogens is 268 g/mol. The molecule has 1 aromatic rings. The fourth-order valence-corrected chi connectivity index (χ4v) is 3.14. The topological polar surface area (TPSA) is 89.9 Å². The van der Waals surface area contributed by atoms with E-state index < -0.39 is 23.7 Å². The van der Waals surface area contributed by atoms with E-state index in [0.717, 1.165) is 10.5 Å². The van der Waals surface area contributed by atoms with E-state index in [4.69, 9.17) is 10.2 Å². The second-order valence-electron chi connectivity index (χ2n) is 4.30. The number of hydrogen-bond acceptors (Lipinski definition) is 4. The molecule has 7 heteroatoms. The van der Waals surface area contributed by atoms with Crippen molar-refractivity contribution in [2.75, 3.05) is 19.7 Å². The van der Waals surface area contributed by atoms with Gasteiger partial charge in [0.2, 0.25) is 5.91 Å². The van der Waals surface area contributed by atoms with Gasteiger partial charge in [-0.15, -0.1) is 0 Å². The Morgan fingerprint density at radius 2 is 2.21 bits per heavy atom. The van der Waals surface area contributed by atoms with Crippen molar-refractivity contribution in [2.45, 2.75) is 17.5 Å². The zero-order valence-corrected chi connectivity index (χ0v) is 11.1. The summed E-state index contributed by atoms with van der Waals surface area (Å²) in [4.78, 5) is 12.4. The van der Waals surface area contributed by atoms with Gasteiger partial charge in [-0.3, -0.25) is 4.79 Å². The number of amides is 1. The van der Waals surface area contributed by atoms with Crippen LogP contribution < -0.4 is 5.32 Å². The number of hydrogen-bond donors (Lipinski definition) is 3. The maximum Gasteiger partial charge on any atom is 0.235 e. The van der Waals surface area contributed by atoms with E-state index in [1.165, 1.54) is 0 Å². The van der Waals surface area contributed by atoms with Gasteiger partial charge in [0.25, 0.3) is 0 Å². The molecule has 1 aliphatic heterocycles. The number of nitrogens with zero attached hydrogens (tertiary/aromatic N) is 1. The Hall–Kier alpha value is -1.28. The summed E-state index contributed by atoms with van der Waals surface area (Å²) < 4.78 is 13.7. The van der Waals surface area contributed by atoms with Crippen molar-refractivity contribution in [1.29, 1.82) is 0 Å². The van der Waals surface area contributed by atoms with E-state index in [1.807, 2.05) is 18.2 Å². The van der Waals surface area contributed by atoms with Crippen LogP contribution in [0.15, 0.2) is 29.2 Å². The van der Waals surface area contributed by atoms with Crippen LogP contribution in [0, 0.1) is 0 Å². The van der Waals surface area contributed by atoms with Crippen LogP contribution in [-0.4, -0.2) is 50.4 Å². The number of aliphatic hydroxyl groups excluding tert-OH is 2. The molecule has 0 saturated carbocycles. The Labute approximate surface area is 113 Å². The molecular formula is C12H16N2O4S. The van der Waals surface area contributed by atoms with Gasteiger partial charge in [0.15, 0.2) is 0 Å².